The van der Waals surface area contributed by atoms with E-state index in [1.54, 1.807) is 7.11 Å². The first-order valence-corrected chi connectivity index (χ1v) is 6.98. The highest BCUT2D eigenvalue weighted by Crippen LogP contribution is 2.42. The van der Waals surface area contributed by atoms with Crippen molar-refractivity contribution in [2.24, 2.45) is 0 Å². The maximum Gasteiger partial charge on any atom is 0.127 e. The van der Waals surface area contributed by atoms with Crippen LogP contribution in [0.25, 0.3) is 0 Å². The van der Waals surface area contributed by atoms with E-state index >= 15 is 0 Å². The Kier molecular flexibility index (Phi) is 4.51. The molecule has 1 aliphatic rings. The molecule has 0 spiro atoms. The van der Waals surface area contributed by atoms with E-state index in [1.165, 1.54) is 0 Å². The van der Waals surface area contributed by atoms with Gasteiger partial charge in [-0.3, -0.25) is 0 Å². The molecular formula is C16H22N2O2. The molecule has 0 amide bonds. The fourth-order valence-electron chi connectivity index (χ4n) is 2.68. The van der Waals surface area contributed by atoms with Crippen molar-refractivity contribution in [2.75, 3.05) is 34.4 Å². The van der Waals surface area contributed by atoms with Gasteiger partial charge in [0.25, 0.3) is 0 Å². The van der Waals surface area contributed by atoms with Crippen LogP contribution in [-0.2, 0) is 5.41 Å². The number of rotatable bonds is 4. The van der Waals surface area contributed by atoms with Gasteiger partial charge in [0.2, 0.25) is 0 Å². The van der Waals surface area contributed by atoms with Gasteiger partial charge in [-0.1, -0.05) is 6.07 Å². The smallest absolute Gasteiger partial charge is 0.127 e. The van der Waals surface area contributed by atoms with Gasteiger partial charge < -0.3 is 14.4 Å². The van der Waals surface area contributed by atoms with Crippen LogP contribution in [0, 0.1) is 11.3 Å². The van der Waals surface area contributed by atoms with Crippen molar-refractivity contribution < 1.29 is 9.47 Å². The van der Waals surface area contributed by atoms with Gasteiger partial charge >= 0.3 is 0 Å². The SMILES string of the molecule is COc1ccc2c(c1)OCCCC2(C#N)CCN(C)C. The number of fused-ring (bicyclic) bond motifs is 1. The van der Waals surface area contributed by atoms with Crippen LogP contribution in [-0.4, -0.2) is 39.3 Å². The quantitative estimate of drug-likeness (QED) is 0.846. The first kappa shape index (κ1) is 14.7. The van der Waals surface area contributed by atoms with Gasteiger partial charge in [0.1, 0.15) is 11.5 Å². The van der Waals surface area contributed by atoms with Crippen LogP contribution in [0.2, 0.25) is 0 Å². The number of nitrogens with zero attached hydrogens (tertiary/aromatic N) is 2. The summed E-state index contributed by atoms with van der Waals surface area (Å²) in [5.74, 6) is 1.56. The number of hydrogen-bond donors (Lipinski definition) is 0. The number of ether oxygens (including phenoxy) is 2. The van der Waals surface area contributed by atoms with Crippen LogP contribution in [0.3, 0.4) is 0 Å². The van der Waals surface area contributed by atoms with E-state index < -0.39 is 5.41 Å². The lowest BCUT2D eigenvalue weighted by Crippen LogP contribution is -2.29. The van der Waals surface area contributed by atoms with E-state index in [-0.39, 0.29) is 0 Å². The van der Waals surface area contributed by atoms with Crippen molar-refractivity contribution in [3.63, 3.8) is 0 Å². The molecule has 1 aromatic rings. The normalized spacial score (nSPS) is 21.6. The van der Waals surface area contributed by atoms with Crippen LogP contribution < -0.4 is 9.47 Å². The van der Waals surface area contributed by atoms with Crippen LogP contribution in [0.15, 0.2) is 18.2 Å². The molecule has 0 bridgehead atoms. The molecule has 1 unspecified atom stereocenters. The van der Waals surface area contributed by atoms with Gasteiger partial charge in [0.15, 0.2) is 0 Å². The highest BCUT2D eigenvalue weighted by atomic mass is 16.5. The molecular weight excluding hydrogens is 252 g/mol. The zero-order chi connectivity index (χ0) is 14.6. The Morgan fingerprint density at radius 1 is 1.45 bits per heavy atom. The van der Waals surface area contributed by atoms with Gasteiger partial charge in [-0.15, -0.1) is 0 Å². The van der Waals surface area contributed by atoms with E-state index in [0.717, 1.165) is 42.9 Å². The van der Waals surface area contributed by atoms with Crippen molar-refractivity contribution >= 4 is 0 Å². The number of nitriles is 1. The van der Waals surface area contributed by atoms with Gasteiger partial charge in [-0.25, -0.2) is 0 Å². The van der Waals surface area contributed by atoms with E-state index in [0.29, 0.717) is 6.61 Å². The van der Waals surface area contributed by atoms with Crippen LogP contribution in [0.5, 0.6) is 11.5 Å². The lowest BCUT2D eigenvalue weighted by molar-refractivity contribution is 0.308. The Morgan fingerprint density at radius 3 is 2.90 bits per heavy atom. The molecule has 0 saturated carbocycles. The summed E-state index contributed by atoms with van der Waals surface area (Å²) in [6.45, 7) is 1.55. The van der Waals surface area contributed by atoms with Crippen molar-refractivity contribution in [1.82, 2.24) is 4.90 Å². The predicted molar refractivity (Wildman–Crippen MR) is 78.2 cm³/mol. The molecule has 0 aromatic heterocycles. The Morgan fingerprint density at radius 2 is 2.25 bits per heavy atom. The first-order chi connectivity index (χ1) is 9.61. The Labute approximate surface area is 120 Å². The van der Waals surface area contributed by atoms with E-state index in [1.807, 2.05) is 32.3 Å². The Balaban J connectivity index is 2.41. The molecule has 108 valence electrons. The minimum atomic E-state index is -0.456. The molecule has 0 radical (unpaired) electrons. The van der Waals surface area contributed by atoms with E-state index in [9.17, 15) is 5.26 Å². The van der Waals surface area contributed by atoms with Gasteiger partial charge in [-0.05, 0) is 46.0 Å². The minimum Gasteiger partial charge on any atom is -0.497 e. The van der Waals surface area contributed by atoms with Crippen LogP contribution >= 0.6 is 0 Å². The second kappa shape index (κ2) is 6.15. The third-order valence-electron chi connectivity index (χ3n) is 3.91. The second-order valence-electron chi connectivity index (χ2n) is 5.56. The zero-order valence-electron chi connectivity index (χ0n) is 12.5. The number of benzene rings is 1. The summed E-state index contributed by atoms with van der Waals surface area (Å²) in [5.41, 5.74) is 0.544. The summed E-state index contributed by atoms with van der Waals surface area (Å²) in [5, 5.41) is 9.80. The standard InChI is InChI=1S/C16H22N2O2/c1-18(2)9-8-16(12-17)7-4-10-20-15-11-13(19-3)5-6-14(15)16/h5-6,11H,4,7-10H2,1-3H3. The molecule has 2 rings (SSSR count). The molecule has 4 heteroatoms. The van der Waals surface area contributed by atoms with Crippen molar-refractivity contribution in [2.45, 2.75) is 24.7 Å². The summed E-state index contributed by atoms with van der Waals surface area (Å²) >= 11 is 0. The van der Waals surface area contributed by atoms with Crippen molar-refractivity contribution in [3.05, 3.63) is 23.8 Å². The molecule has 0 saturated heterocycles. The highest BCUT2D eigenvalue weighted by Gasteiger charge is 2.36. The lowest BCUT2D eigenvalue weighted by atomic mass is 9.75. The highest BCUT2D eigenvalue weighted by molar-refractivity contribution is 5.48. The average molecular weight is 274 g/mol. The topological polar surface area (TPSA) is 45.5 Å². The monoisotopic (exact) mass is 274 g/mol. The molecule has 0 aliphatic carbocycles. The molecule has 1 aliphatic heterocycles. The summed E-state index contributed by atoms with van der Waals surface area (Å²) < 4.78 is 11.1. The maximum atomic E-state index is 9.80. The molecule has 0 N–H and O–H groups in total. The molecule has 1 heterocycles. The number of hydrogen-bond acceptors (Lipinski definition) is 4. The van der Waals surface area contributed by atoms with Crippen molar-refractivity contribution in [3.8, 4) is 17.6 Å². The second-order valence-corrected chi connectivity index (χ2v) is 5.56. The molecule has 4 nitrogen and oxygen atoms in total. The van der Waals surface area contributed by atoms with Gasteiger partial charge in [-0.2, -0.15) is 5.26 Å². The fraction of sp³-hybridized carbons (Fsp3) is 0.562. The van der Waals surface area contributed by atoms with Gasteiger partial charge in [0.05, 0.1) is 25.2 Å². The van der Waals surface area contributed by atoms with Crippen LogP contribution in [0.4, 0.5) is 0 Å². The average Bonchev–Trinajstić information content (AvgIpc) is 2.64. The third kappa shape index (κ3) is 2.88. The predicted octanol–water partition coefficient (Wildman–Crippen LogP) is 2.58. The zero-order valence-corrected chi connectivity index (χ0v) is 12.5. The van der Waals surface area contributed by atoms with Crippen molar-refractivity contribution in [1.29, 1.82) is 5.26 Å². The summed E-state index contributed by atoms with van der Waals surface area (Å²) in [4.78, 5) is 2.12. The minimum absolute atomic E-state index is 0.456. The fourth-order valence-corrected chi connectivity index (χ4v) is 2.68. The van der Waals surface area contributed by atoms with Gasteiger partial charge in [0, 0.05) is 11.6 Å². The summed E-state index contributed by atoms with van der Waals surface area (Å²) in [6, 6.07) is 8.35. The summed E-state index contributed by atoms with van der Waals surface area (Å²) in [7, 11) is 5.71. The molecule has 1 aromatic carbocycles. The maximum absolute atomic E-state index is 9.80. The van der Waals surface area contributed by atoms with Crippen LogP contribution in [0.1, 0.15) is 24.8 Å². The lowest BCUT2D eigenvalue weighted by Gasteiger charge is -2.28. The number of methoxy groups -OCH3 is 1. The molecule has 20 heavy (non-hydrogen) atoms. The third-order valence-corrected chi connectivity index (χ3v) is 3.91. The first-order valence-electron chi connectivity index (χ1n) is 6.98. The molecule has 1 atom stereocenters. The molecule has 0 fully saturated rings. The van der Waals surface area contributed by atoms with E-state index in [2.05, 4.69) is 11.0 Å². The largest absolute Gasteiger partial charge is 0.497 e. The Bertz CT molecular complexity index is 508. The summed E-state index contributed by atoms with van der Waals surface area (Å²) in [6.07, 6.45) is 2.56. The van der Waals surface area contributed by atoms with E-state index in [4.69, 9.17) is 9.47 Å². The Hall–Kier alpha value is -1.73.